The van der Waals surface area contributed by atoms with E-state index in [1.54, 1.807) is 29.0 Å². The maximum absolute atomic E-state index is 12.8. The molecular weight excluding hydrogens is 379 g/mol. The predicted molar refractivity (Wildman–Crippen MR) is 93.9 cm³/mol. The van der Waals surface area contributed by atoms with E-state index in [2.05, 4.69) is 15.1 Å². The van der Waals surface area contributed by atoms with E-state index < -0.39 is 12.7 Å². The van der Waals surface area contributed by atoms with E-state index in [-0.39, 0.29) is 11.8 Å². The van der Waals surface area contributed by atoms with Gasteiger partial charge in [0, 0.05) is 41.2 Å². The second kappa shape index (κ2) is 5.69. The van der Waals surface area contributed by atoms with Gasteiger partial charge < -0.3 is 4.57 Å². The van der Waals surface area contributed by atoms with Crippen LogP contribution < -0.4 is 0 Å². The van der Waals surface area contributed by atoms with Crippen LogP contribution in [0.1, 0.15) is 29.5 Å². The molecule has 9 heteroatoms. The lowest BCUT2D eigenvalue weighted by atomic mass is 10.1. The summed E-state index contributed by atoms with van der Waals surface area (Å²) >= 11 is 6.11. The highest BCUT2D eigenvalue weighted by molar-refractivity contribution is 6.29. The summed E-state index contributed by atoms with van der Waals surface area (Å²) in [7, 11) is 0. The van der Waals surface area contributed by atoms with Gasteiger partial charge in [0.2, 0.25) is 0 Å². The largest absolute Gasteiger partial charge is 0.406 e. The van der Waals surface area contributed by atoms with Crippen molar-refractivity contribution in [2.45, 2.75) is 31.0 Å². The molecule has 4 heterocycles. The molecule has 5 rings (SSSR count). The zero-order valence-electron chi connectivity index (χ0n) is 13.9. The van der Waals surface area contributed by atoms with Gasteiger partial charge in [-0.15, -0.1) is 0 Å². The van der Waals surface area contributed by atoms with E-state index in [1.165, 1.54) is 6.20 Å². The molecule has 1 fully saturated rings. The minimum atomic E-state index is -4.29. The highest BCUT2D eigenvalue weighted by atomic mass is 35.5. The van der Waals surface area contributed by atoms with E-state index in [1.807, 2.05) is 12.1 Å². The van der Waals surface area contributed by atoms with Gasteiger partial charge in [-0.2, -0.15) is 18.3 Å². The van der Waals surface area contributed by atoms with Crippen LogP contribution in [0, 0.1) is 0 Å². The molecular formula is C18H13ClF3N5. The fourth-order valence-electron chi connectivity index (χ4n) is 3.65. The summed E-state index contributed by atoms with van der Waals surface area (Å²) in [5, 5.41) is 5.25. The van der Waals surface area contributed by atoms with Crippen molar-refractivity contribution in [2.24, 2.45) is 0 Å². The van der Waals surface area contributed by atoms with Crippen LogP contribution in [-0.2, 0) is 6.54 Å². The third-order valence-electron chi connectivity index (χ3n) is 4.91. The first-order chi connectivity index (χ1) is 12.9. The number of hydrogen-bond donors (Lipinski definition) is 0. The maximum Gasteiger partial charge on any atom is 0.406 e. The monoisotopic (exact) mass is 391 g/mol. The molecule has 0 saturated heterocycles. The molecule has 1 aliphatic carbocycles. The summed E-state index contributed by atoms with van der Waals surface area (Å²) in [6.07, 6.45) is 1.38. The summed E-state index contributed by atoms with van der Waals surface area (Å²) in [6.45, 7) is -1.05. The van der Waals surface area contributed by atoms with Crippen LogP contribution in [0.15, 0.2) is 42.9 Å². The quantitative estimate of drug-likeness (QED) is 0.514. The van der Waals surface area contributed by atoms with Gasteiger partial charge >= 0.3 is 6.18 Å². The van der Waals surface area contributed by atoms with Gasteiger partial charge in [-0.05, 0) is 36.6 Å². The second-order valence-electron chi connectivity index (χ2n) is 6.77. The number of halogens is 4. The lowest BCUT2D eigenvalue weighted by molar-refractivity contribution is -0.139. The normalized spacial score (nSPS) is 19.9. The maximum atomic E-state index is 12.8. The summed E-state index contributed by atoms with van der Waals surface area (Å²) in [5.74, 6) is 0.300. The Bertz CT molecular complexity index is 1160. The molecule has 0 aliphatic heterocycles. The zero-order valence-corrected chi connectivity index (χ0v) is 14.6. The third-order valence-corrected chi connectivity index (χ3v) is 5.09. The van der Waals surface area contributed by atoms with Crippen LogP contribution in [0.25, 0.3) is 16.7 Å². The fraction of sp³-hybridized carbons (Fsp3) is 0.278. The highest BCUT2D eigenvalue weighted by Crippen LogP contribution is 2.55. The first-order valence-electron chi connectivity index (χ1n) is 8.41. The van der Waals surface area contributed by atoms with Crippen molar-refractivity contribution >= 4 is 28.3 Å². The Morgan fingerprint density at radius 3 is 2.78 bits per heavy atom. The van der Waals surface area contributed by atoms with Crippen molar-refractivity contribution < 1.29 is 13.2 Å². The second-order valence-corrected chi connectivity index (χ2v) is 7.16. The summed E-state index contributed by atoms with van der Waals surface area (Å²) < 4.78 is 41.1. The number of imidazole rings is 1. The molecule has 0 bridgehead atoms. The van der Waals surface area contributed by atoms with Gasteiger partial charge in [-0.25, -0.2) is 14.5 Å². The molecule has 2 unspecified atom stereocenters. The van der Waals surface area contributed by atoms with Crippen LogP contribution in [-0.4, -0.2) is 30.3 Å². The SMILES string of the molecule is FC(F)(F)Cn1ccc2ccc(C3CC3c3cc(Cl)nn4ccnc34)nc21. The highest BCUT2D eigenvalue weighted by Gasteiger charge is 2.42. The number of nitrogens with zero attached hydrogens (tertiary/aromatic N) is 5. The average molecular weight is 392 g/mol. The van der Waals surface area contributed by atoms with Gasteiger partial charge in [-0.1, -0.05) is 11.6 Å². The molecule has 0 amide bonds. The van der Waals surface area contributed by atoms with Crippen molar-refractivity contribution in [3.63, 3.8) is 0 Å². The Hall–Kier alpha value is -2.61. The van der Waals surface area contributed by atoms with Gasteiger partial charge in [-0.3, -0.25) is 0 Å². The van der Waals surface area contributed by atoms with Crippen LogP contribution in [0.5, 0.6) is 0 Å². The average Bonchev–Trinajstić information content (AvgIpc) is 3.10. The molecule has 5 nitrogen and oxygen atoms in total. The predicted octanol–water partition coefficient (Wildman–Crippen LogP) is 4.57. The van der Waals surface area contributed by atoms with Crippen molar-refractivity contribution in [3.05, 3.63) is 59.3 Å². The van der Waals surface area contributed by atoms with E-state index >= 15 is 0 Å². The van der Waals surface area contributed by atoms with Crippen molar-refractivity contribution in [1.82, 2.24) is 24.1 Å². The van der Waals surface area contributed by atoms with E-state index in [9.17, 15) is 13.2 Å². The third kappa shape index (κ3) is 2.93. The molecule has 0 spiro atoms. The number of rotatable bonds is 3. The molecule has 4 aromatic rings. The lowest BCUT2D eigenvalue weighted by Gasteiger charge is -2.09. The van der Waals surface area contributed by atoms with Crippen LogP contribution in [0.4, 0.5) is 13.2 Å². The lowest BCUT2D eigenvalue weighted by Crippen LogP contribution is -2.17. The molecule has 0 N–H and O–H groups in total. The first kappa shape index (κ1) is 16.6. The Labute approximate surface area is 156 Å². The smallest absolute Gasteiger partial charge is 0.323 e. The van der Waals surface area contributed by atoms with Gasteiger partial charge in [0.1, 0.15) is 17.3 Å². The Kier molecular flexibility index (Phi) is 3.49. The Morgan fingerprint density at radius 2 is 1.96 bits per heavy atom. The Morgan fingerprint density at radius 1 is 1.11 bits per heavy atom. The van der Waals surface area contributed by atoms with E-state index in [0.29, 0.717) is 16.2 Å². The van der Waals surface area contributed by atoms with Crippen LogP contribution in [0.3, 0.4) is 0 Å². The van der Waals surface area contributed by atoms with Crippen molar-refractivity contribution in [2.75, 3.05) is 0 Å². The molecule has 27 heavy (non-hydrogen) atoms. The molecule has 2 atom stereocenters. The molecule has 138 valence electrons. The van der Waals surface area contributed by atoms with E-state index in [4.69, 9.17) is 11.6 Å². The van der Waals surface area contributed by atoms with E-state index in [0.717, 1.165) is 27.9 Å². The molecule has 1 saturated carbocycles. The molecule has 0 aromatic carbocycles. The number of aromatic nitrogens is 5. The number of fused-ring (bicyclic) bond motifs is 2. The summed E-state index contributed by atoms with van der Waals surface area (Å²) in [6, 6.07) is 7.17. The van der Waals surface area contributed by atoms with Crippen molar-refractivity contribution in [1.29, 1.82) is 0 Å². The minimum Gasteiger partial charge on any atom is -0.323 e. The molecule has 4 aromatic heterocycles. The first-order valence-corrected chi connectivity index (χ1v) is 8.79. The summed E-state index contributed by atoms with van der Waals surface area (Å²) in [4.78, 5) is 8.87. The van der Waals surface area contributed by atoms with Crippen molar-refractivity contribution in [3.8, 4) is 0 Å². The number of alkyl halides is 3. The Balaban J connectivity index is 1.50. The van der Waals surface area contributed by atoms with Crippen LogP contribution in [0.2, 0.25) is 5.15 Å². The number of pyridine rings is 1. The van der Waals surface area contributed by atoms with Gasteiger partial charge in [0.05, 0.1) is 0 Å². The molecule has 1 aliphatic rings. The topological polar surface area (TPSA) is 48.0 Å². The minimum absolute atomic E-state index is 0.127. The van der Waals surface area contributed by atoms with Gasteiger partial charge in [0.25, 0.3) is 0 Å². The summed E-state index contributed by atoms with van der Waals surface area (Å²) in [5.41, 5.74) is 2.87. The fourth-order valence-corrected chi connectivity index (χ4v) is 3.85. The standard InChI is InChI=1S/C18H13ClF3N5/c19-15-8-13(17-23-4-6-27(17)25-15)11-7-12(11)14-2-1-10-3-5-26(16(10)24-14)9-18(20,21)22/h1-6,8,11-12H,7,9H2. The molecule has 0 radical (unpaired) electrons. The number of hydrogen-bond acceptors (Lipinski definition) is 3. The zero-order chi connectivity index (χ0) is 18.8. The van der Waals surface area contributed by atoms with Gasteiger partial charge in [0.15, 0.2) is 5.65 Å². The van der Waals surface area contributed by atoms with Crippen LogP contribution >= 0.6 is 11.6 Å².